The van der Waals surface area contributed by atoms with Gasteiger partial charge in [0.2, 0.25) is 0 Å². The van der Waals surface area contributed by atoms with Gasteiger partial charge in [-0.3, -0.25) is 14.7 Å². The van der Waals surface area contributed by atoms with Gasteiger partial charge in [0, 0.05) is 49.7 Å². The molecule has 4 rings (SSSR count). The first-order chi connectivity index (χ1) is 15.0. The maximum absolute atomic E-state index is 12.5. The van der Waals surface area contributed by atoms with E-state index in [1.54, 1.807) is 35.2 Å². The van der Waals surface area contributed by atoms with Crippen molar-refractivity contribution in [1.82, 2.24) is 14.8 Å². The Morgan fingerprint density at radius 3 is 2.55 bits per heavy atom. The number of carbonyl (C=O) groups excluding carboxylic acids is 2. The molecule has 1 aliphatic heterocycles. The van der Waals surface area contributed by atoms with Gasteiger partial charge in [-0.15, -0.1) is 0 Å². The Bertz CT molecular complexity index is 1130. The number of piperazine rings is 1. The Morgan fingerprint density at radius 1 is 1.06 bits per heavy atom. The molecule has 1 N–H and O–H groups in total. The van der Waals surface area contributed by atoms with E-state index < -0.39 is 5.76 Å². The second kappa shape index (κ2) is 9.36. The Morgan fingerprint density at radius 2 is 1.81 bits per heavy atom. The summed E-state index contributed by atoms with van der Waals surface area (Å²) in [6.45, 7) is 3.25. The number of fused-ring (bicyclic) bond motifs is 1. The van der Waals surface area contributed by atoms with Gasteiger partial charge in [0.15, 0.2) is 11.4 Å². The third kappa shape index (κ3) is 5.34. The number of Topliss-reactive ketones (excluding diaryl/α,β-unsaturated/α-hetero) is 1. The zero-order valence-electron chi connectivity index (χ0n) is 16.8. The van der Waals surface area contributed by atoms with Crippen LogP contribution in [-0.2, 0) is 11.3 Å². The molecule has 1 fully saturated rings. The topological polar surface area (TPSA) is 95.9 Å². The largest absolute Gasteiger partial charge is 0.445 e. The number of carbonyl (C=O) groups is 2. The number of benzene rings is 2. The molecular weight excluding hydrogens is 422 g/mol. The van der Waals surface area contributed by atoms with Gasteiger partial charge in [0.25, 0.3) is 0 Å². The number of nitrogens with one attached hydrogen (secondary N) is 1. The van der Waals surface area contributed by atoms with Crippen molar-refractivity contribution in [1.29, 1.82) is 0 Å². The van der Waals surface area contributed by atoms with E-state index in [1.165, 1.54) is 0 Å². The third-order valence-electron chi connectivity index (χ3n) is 5.30. The molecule has 0 spiro atoms. The molecule has 1 aromatic heterocycles. The Hall–Kier alpha value is -3.10. The number of aromatic amines is 1. The molecule has 1 saturated heterocycles. The summed E-state index contributed by atoms with van der Waals surface area (Å²) in [5.41, 5.74) is 2.34. The van der Waals surface area contributed by atoms with Gasteiger partial charge in [-0.05, 0) is 35.9 Å². The van der Waals surface area contributed by atoms with E-state index >= 15 is 0 Å². The standard InChI is InChI=1S/C22H22ClN3O5/c23-17-4-1-15(2-5-17)14-30-22(29)26-11-9-25(10-12-26)8-7-19(27)16-3-6-18-20(13-16)31-21(28)24-18/h1-6,13H,7-12,14H2,(H,24,28). The molecule has 0 aliphatic carbocycles. The number of oxazole rings is 1. The molecule has 2 heterocycles. The quantitative estimate of drug-likeness (QED) is 0.587. The lowest BCUT2D eigenvalue weighted by atomic mass is 10.1. The van der Waals surface area contributed by atoms with Gasteiger partial charge < -0.3 is 14.1 Å². The van der Waals surface area contributed by atoms with Crippen LogP contribution in [0, 0.1) is 0 Å². The monoisotopic (exact) mass is 443 g/mol. The second-order valence-corrected chi connectivity index (χ2v) is 7.84. The molecule has 9 heteroatoms. The smallest absolute Gasteiger partial charge is 0.417 e. The molecule has 0 bridgehead atoms. The van der Waals surface area contributed by atoms with Gasteiger partial charge in [-0.1, -0.05) is 23.7 Å². The van der Waals surface area contributed by atoms with Crippen molar-refractivity contribution in [3.05, 3.63) is 69.2 Å². The number of hydrogen-bond donors (Lipinski definition) is 1. The minimum atomic E-state index is -0.538. The highest BCUT2D eigenvalue weighted by Gasteiger charge is 2.22. The van der Waals surface area contributed by atoms with Gasteiger partial charge in [-0.2, -0.15) is 0 Å². The van der Waals surface area contributed by atoms with E-state index in [4.69, 9.17) is 20.8 Å². The summed E-state index contributed by atoms with van der Waals surface area (Å²) in [5.74, 6) is -0.556. The van der Waals surface area contributed by atoms with Crippen LogP contribution in [0.2, 0.25) is 5.02 Å². The fourth-order valence-corrected chi connectivity index (χ4v) is 3.62. The van der Waals surface area contributed by atoms with Gasteiger partial charge in [0.1, 0.15) is 6.61 Å². The first-order valence-corrected chi connectivity index (χ1v) is 10.4. The molecule has 8 nitrogen and oxygen atoms in total. The van der Waals surface area contributed by atoms with Crippen LogP contribution in [0.4, 0.5) is 4.79 Å². The maximum atomic E-state index is 12.5. The zero-order chi connectivity index (χ0) is 21.8. The summed E-state index contributed by atoms with van der Waals surface area (Å²) in [5, 5.41) is 0.640. The highest BCUT2D eigenvalue weighted by molar-refractivity contribution is 6.30. The van der Waals surface area contributed by atoms with E-state index in [1.807, 2.05) is 12.1 Å². The molecule has 0 unspecified atom stereocenters. The SMILES string of the molecule is O=C(CCN1CCN(C(=O)OCc2ccc(Cl)cc2)CC1)c1ccc2[nH]c(=O)oc2c1. The van der Waals surface area contributed by atoms with E-state index in [0.717, 1.165) is 5.56 Å². The number of amides is 1. The number of halogens is 1. The summed E-state index contributed by atoms with van der Waals surface area (Å²) in [6, 6.07) is 12.1. The number of aromatic nitrogens is 1. The van der Waals surface area contributed by atoms with Crippen molar-refractivity contribution in [3.8, 4) is 0 Å². The van der Waals surface area contributed by atoms with Crippen molar-refractivity contribution in [2.75, 3.05) is 32.7 Å². The van der Waals surface area contributed by atoms with Crippen LogP contribution in [0.15, 0.2) is 51.7 Å². The molecule has 0 atom stereocenters. The van der Waals surface area contributed by atoms with Crippen molar-refractivity contribution >= 4 is 34.6 Å². The highest BCUT2D eigenvalue weighted by Crippen LogP contribution is 2.15. The lowest BCUT2D eigenvalue weighted by Gasteiger charge is -2.33. The van der Waals surface area contributed by atoms with Crippen LogP contribution >= 0.6 is 11.6 Å². The summed E-state index contributed by atoms with van der Waals surface area (Å²) in [7, 11) is 0. The molecule has 2 aromatic carbocycles. The third-order valence-corrected chi connectivity index (χ3v) is 5.56. The molecule has 3 aromatic rings. The minimum absolute atomic E-state index is 0.0180. The van der Waals surface area contributed by atoms with E-state index in [-0.39, 0.29) is 18.5 Å². The summed E-state index contributed by atoms with van der Waals surface area (Å²) in [6.07, 6.45) is 0.00762. The number of H-pyrrole nitrogens is 1. The van der Waals surface area contributed by atoms with E-state index in [0.29, 0.717) is 60.8 Å². The van der Waals surface area contributed by atoms with Crippen molar-refractivity contribution in [2.24, 2.45) is 0 Å². The van der Waals surface area contributed by atoms with E-state index in [9.17, 15) is 14.4 Å². The lowest BCUT2D eigenvalue weighted by Crippen LogP contribution is -2.49. The molecule has 31 heavy (non-hydrogen) atoms. The summed E-state index contributed by atoms with van der Waals surface area (Å²) in [4.78, 5) is 42.4. The van der Waals surface area contributed by atoms with Crippen LogP contribution in [0.25, 0.3) is 11.1 Å². The number of ketones is 1. The van der Waals surface area contributed by atoms with E-state index in [2.05, 4.69) is 9.88 Å². The maximum Gasteiger partial charge on any atom is 0.417 e. The van der Waals surface area contributed by atoms with Crippen LogP contribution in [0.3, 0.4) is 0 Å². The van der Waals surface area contributed by atoms with Crippen molar-refractivity contribution in [3.63, 3.8) is 0 Å². The molecule has 162 valence electrons. The average molecular weight is 444 g/mol. The van der Waals surface area contributed by atoms with Crippen LogP contribution in [0.5, 0.6) is 0 Å². The fourth-order valence-electron chi connectivity index (χ4n) is 3.49. The van der Waals surface area contributed by atoms with Crippen molar-refractivity contribution in [2.45, 2.75) is 13.0 Å². The lowest BCUT2D eigenvalue weighted by molar-refractivity contribution is 0.0697. The van der Waals surface area contributed by atoms with Gasteiger partial charge >= 0.3 is 11.8 Å². The summed E-state index contributed by atoms with van der Waals surface area (Å²) < 4.78 is 10.4. The second-order valence-electron chi connectivity index (χ2n) is 7.41. The van der Waals surface area contributed by atoms with Crippen LogP contribution in [-0.4, -0.2) is 59.4 Å². The predicted molar refractivity (Wildman–Crippen MR) is 115 cm³/mol. The number of nitrogens with zero attached hydrogens (tertiary/aromatic N) is 2. The fraction of sp³-hybridized carbons (Fsp3) is 0.318. The predicted octanol–water partition coefficient (Wildman–Crippen LogP) is 3.30. The van der Waals surface area contributed by atoms with Gasteiger partial charge in [-0.25, -0.2) is 9.59 Å². The minimum Gasteiger partial charge on any atom is -0.445 e. The number of rotatable bonds is 6. The Labute approximate surface area is 183 Å². The first kappa shape index (κ1) is 21.1. The summed E-state index contributed by atoms with van der Waals surface area (Å²) >= 11 is 5.86. The Balaban J connectivity index is 1.21. The first-order valence-electron chi connectivity index (χ1n) is 10.0. The number of ether oxygens (including phenoxy) is 1. The normalized spacial score (nSPS) is 14.7. The highest BCUT2D eigenvalue weighted by atomic mass is 35.5. The van der Waals surface area contributed by atoms with Crippen molar-refractivity contribution < 1.29 is 18.7 Å². The number of hydrogen-bond acceptors (Lipinski definition) is 6. The average Bonchev–Trinajstić information content (AvgIpc) is 3.16. The zero-order valence-corrected chi connectivity index (χ0v) is 17.6. The molecule has 0 saturated carbocycles. The van der Waals surface area contributed by atoms with Crippen LogP contribution < -0.4 is 5.76 Å². The molecule has 1 aliphatic rings. The molecule has 0 radical (unpaired) electrons. The van der Waals surface area contributed by atoms with Crippen LogP contribution in [0.1, 0.15) is 22.3 Å². The van der Waals surface area contributed by atoms with Gasteiger partial charge in [0.05, 0.1) is 5.52 Å². The Kier molecular flexibility index (Phi) is 6.39. The molecular formula is C22H22ClN3O5. The molecule has 1 amide bonds.